The summed E-state index contributed by atoms with van der Waals surface area (Å²) in [5.41, 5.74) is 1.27. The Morgan fingerprint density at radius 3 is 2.47 bits per heavy atom. The molecule has 0 aliphatic rings. The molecule has 1 atom stereocenters. The maximum absolute atomic E-state index is 8.80. The van der Waals surface area contributed by atoms with Crippen molar-refractivity contribution in [1.82, 2.24) is 0 Å². The summed E-state index contributed by atoms with van der Waals surface area (Å²) >= 11 is 1.88. The molecular weight excluding hydrogens is 202 g/mol. The number of hydrogen-bond acceptors (Lipinski definition) is 2. The van der Waals surface area contributed by atoms with Crippen molar-refractivity contribution in [3.8, 4) is 6.07 Å². The third-order valence-corrected chi connectivity index (χ3v) is 3.78. The van der Waals surface area contributed by atoms with Gasteiger partial charge in [-0.15, -0.1) is 0 Å². The Balaban J connectivity index is 2.62. The minimum Gasteiger partial charge on any atom is -0.198 e. The van der Waals surface area contributed by atoms with Gasteiger partial charge in [-0.2, -0.15) is 17.0 Å². The highest BCUT2D eigenvalue weighted by atomic mass is 32.2. The normalized spacial score (nSPS) is 12.4. The first-order chi connectivity index (χ1) is 7.24. The average Bonchev–Trinajstić information content (AvgIpc) is 2.25. The Morgan fingerprint density at radius 1 is 1.27 bits per heavy atom. The van der Waals surface area contributed by atoms with Crippen molar-refractivity contribution in [2.75, 3.05) is 5.75 Å². The van der Waals surface area contributed by atoms with Crippen molar-refractivity contribution in [1.29, 1.82) is 5.26 Å². The van der Waals surface area contributed by atoms with E-state index in [2.05, 4.69) is 32.0 Å². The fourth-order valence-corrected chi connectivity index (χ4v) is 2.49. The second-order valence-electron chi connectivity index (χ2n) is 3.99. The Morgan fingerprint density at radius 2 is 1.93 bits per heavy atom. The summed E-state index contributed by atoms with van der Waals surface area (Å²) in [5, 5.41) is 9.13. The zero-order chi connectivity index (χ0) is 11.1. The van der Waals surface area contributed by atoms with Crippen LogP contribution in [0.5, 0.6) is 0 Å². The molecule has 1 nitrogen and oxygen atoms in total. The number of nitriles is 1. The summed E-state index contributed by atoms with van der Waals surface area (Å²) < 4.78 is 0. The first kappa shape index (κ1) is 12.1. The van der Waals surface area contributed by atoms with Gasteiger partial charge in [0, 0.05) is 5.25 Å². The molecule has 0 heterocycles. The van der Waals surface area contributed by atoms with Gasteiger partial charge in [-0.3, -0.25) is 0 Å². The van der Waals surface area contributed by atoms with Crippen molar-refractivity contribution in [3.63, 3.8) is 0 Å². The molecule has 2 heteroatoms. The van der Waals surface area contributed by atoms with Crippen molar-refractivity contribution in [2.45, 2.75) is 25.5 Å². The van der Waals surface area contributed by atoms with Gasteiger partial charge in [-0.05, 0) is 17.2 Å². The lowest BCUT2D eigenvalue weighted by Gasteiger charge is -2.14. The van der Waals surface area contributed by atoms with E-state index in [1.54, 1.807) is 0 Å². The van der Waals surface area contributed by atoms with E-state index in [0.29, 0.717) is 17.6 Å². The summed E-state index contributed by atoms with van der Waals surface area (Å²) in [6.07, 6.45) is 0.599. The molecule has 1 rings (SSSR count). The molecule has 80 valence electrons. The number of hydrogen-bond donors (Lipinski definition) is 0. The lowest BCUT2D eigenvalue weighted by Crippen LogP contribution is -1.98. The van der Waals surface area contributed by atoms with E-state index < -0.39 is 0 Å². The number of nitrogens with zero attached hydrogens (tertiary/aromatic N) is 1. The van der Waals surface area contributed by atoms with Gasteiger partial charge < -0.3 is 0 Å². The van der Waals surface area contributed by atoms with Crippen LogP contribution < -0.4 is 0 Å². The SMILES string of the molecule is CC(C)CSC(CC#N)c1ccccc1. The molecule has 15 heavy (non-hydrogen) atoms. The smallest absolute Gasteiger partial charge is 0.0636 e. The van der Waals surface area contributed by atoms with Gasteiger partial charge >= 0.3 is 0 Å². The highest BCUT2D eigenvalue weighted by Gasteiger charge is 2.11. The van der Waals surface area contributed by atoms with Crippen molar-refractivity contribution in [3.05, 3.63) is 35.9 Å². The van der Waals surface area contributed by atoms with Crippen LogP contribution in [0.2, 0.25) is 0 Å². The maximum Gasteiger partial charge on any atom is 0.0636 e. The van der Waals surface area contributed by atoms with Crippen LogP contribution in [0.25, 0.3) is 0 Å². The molecule has 0 aliphatic carbocycles. The zero-order valence-electron chi connectivity index (χ0n) is 9.31. The van der Waals surface area contributed by atoms with Crippen molar-refractivity contribution < 1.29 is 0 Å². The Kier molecular flexibility index (Phi) is 5.28. The topological polar surface area (TPSA) is 23.8 Å². The Bertz CT molecular complexity index is 313. The molecule has 1 aromatic rings. The molecule has 1 unspecified atom stereocenters. The van der Waals surface area contributed by atoms with Crippen LogP contribution in [0, 0.1) is 17.2 Å². The van der Waals surface area contributed by atoms with Crippen LogP contribution in [-0.2, 0) is 0 Å². The number of rotatable bonds is 5. The van der Waals surface area contributed by atoms with Crippen LogP contribution in [-0.4, -0.2) is 5.75 Å². The molecule has 0 spiro atoms. The molecule has 0 bridgehead atoms. The van der Waals surface area contributed by atoms with Gasteiger partial charge in [0.05, 0.1) is 12.5 Å². The van der Waals surface area contributed by atoms with Crippen molar-refractivity contribution >= 4 is 11.8 Å². The lowest BCUT2D eigenvalue weighted by atomic mass is 10.1. The molecular formula is C13H17NS. The summed E-state index contributed by atoms with van der Waals surface area (Å²) in [6.45, 7) is 4.42. The first-order valence-corrected chi connectivity index (χ1v) is 6.32. The molecule has 0 fully saturated rings. The fourth-order valence-electron chi connectivity index (χ4n) is 1.33. The highest BCUT2D eigenvalue weighted by molar-refractivity contribution is 7.99. The molecule has 0 amide bonds. The summed E-state index contributed by atoms with van der Waals surface area (Å²) in [6, 6.07) is 12.6. The van der Waals surface area contributed by atoms with Crippen LogP contribution >= 0.6 is 11.8 Å². The Labute approximate surface area is 96.5 Å². The molecule has 1 aromatic carbocycles. The third kappa shape index (κ3) is 4.40. The van der Waals surface area contributed by atoms with Gasteiger partial charge in [0.2, 0.25) is 0 Å². The molecule has 0 saturated carbocycles. The van der Waals surface area contributed by atoms with Crippen LogP contribution in [0.4, 0.5) is 0 Å². The lowest BCUT2D eigenvalue weighted by molar-refractivity contribution is 0.747. The molecule has 0 aromatic heterocycles. The second-order valence-corrected chi connectivity index (χ2v) is 5.22. The van der Waals surface area contributed by atoms with E-state index in [9.17, 15) is 0 Å². The molecule has 0 aliphatic heterocycles. The minimum atomic E-state index is 0.332. The van der Waals surface area contributed by atoms with Gasteiger partial charge in [-0.1, -0.05) is 44.2 Å². The highest BCUT2D eigenvalue weighted by Crippen LogP contribution is 2.32. The number of benzene rings is 1. The van der Waals surface area contributed by atoms with Gasteiger partial charge in [0.15, 0.2) is 0 Å². The average molecular weight is 219 g/mol. The molecule has 0 radical (unpaired) electrons. The predicted molar refractivity (Wildman–Crippen MR) is 66.7 cm³/mol. The van der Waals surface area contributed by atoms with Crippen LogP contribution in [0.1, 0.15) is 31.1 Å². The monoisotopic (exact) mass is 219 g/mol. The predicted octanol–water partition coefficient (Wildman–Crippen LogP) is 4.03. The van der Waals surface area contributed by atoms with Gasteiger partial charge in [0.25, 0.3) is 0 Å². The van der Waals surface area contributed by atoms with E-state index >= 15 is 0 Å². The van der Waals surface area contributed by atoms with E-state index in [-0.39, 0.29) is 0 Å². The zero-order valence-corrected chi connectivity index (χ0v) is 10.1. The first-order valence-electron chi connectivity index (χ1n) is 5.27. The second kappa shape index (κ2) is 6.53. The van der Waals surface area contributed by atoms with Crippen molar-refractivity contribution in [2.24, 2.45) is 5.92 Å². The largest absolute Gasteiger partial charge is 0.198 e. The third-order valence-electron chi connectivity index (χ3n) is 2.08. The molecule has 0 saturated heterocycles. The van der Waals surface area contributed by atoms with Crippen LogP contribution in [0.3, 0.4) is 0 Å². The standard InChI is InChI=1S/C13H17NS/c1-11(2)10-15-13(8-9-14)12-6-4-3-5-7-12/h3-7,11,13H,8,10H2,1-2H3. The molecule has 0 N–H and O–H groups in total. The maximum atomic E-state index is 8.80. The minimum absolute atomic E-state index is 0.332. The Hall–Kier alpha value is -0.940. The fraction of sp³-hybridized carbons (Fsp3) is 0.462. The van der Waals surface area contributed by atoms with Crippen LogP contribution in [0.15, 0.2) is 30.3 Å². The summed E-state index contributed by atoms with van der Waals surface area (Å²) in [7, 11) is 0. The summed E-state index contributed by atoms with van der Waals surface area (Å²) in [4.78, 5) is 0. The van der Waals surface area contributed by atoms with E-state index in [1.807, 2.05) is 30.0 Å². The van der Waals surface area contributed by atoms with E-state index in [1.165, 1.54) is 5.56 Å². The van der Waals surface area contributed by atoms with E-state index in [0.717, 1.165) is 5.75 Å². The van der Waals surface area contributed by atoms with E-state index in [4.69, 9.17) is 5.26 Å². The van der Waals surface area contributed by atoms with Gasteiger partial charge in [0.1, 0.15) is 0 Å². The summed E-state index contributed by atoms with van der Waals surface area (Å²) in [5.74, 6) is 1.79. The van der Waals surface area contributed by atoms with Gasteiger partial charge in [-0.25, -0.2) is 0 Å². The number of thioether (sulfide) groups is 1. The quantitative estimate of drug-likeness (QED) is 0.746.